The van der Waals surface area contributed by atoms with Gasteiger partial charge >= 0.3 is 0 Å². The summed E-state index contributed by atoms with van der Waals surface area (Å²) in [6.45, 7) is 2.99. The Labute approximate surface area is 111 Å². The van der Waals surface area contributed by atoms with Gasteiger partial charge < -0.3 is 5.32 Å². The number of hydrogen-bond acceptors (Lipinski definition) is 1. The number of fused-ring (bicyclic) bond motifs is 1. The highest BCUT2D eigenvalue weighted by Crippen LogP contribution is 2.32. The highest BCUT2D eigenvalue weighted by atomic mass is 19.2. The van der Waals surface area contributed by atoms with Crippen LogP contribution in [0, 0.1) is 18.6 Å². The maximum atomic E-state index is 14.1. The van der Waals surface area contributed by atoms with Crippen LogP contribution in [0.25, 0.3) is 0 Å². The maximum absolute atomic E-state index is 14.1. The molecule has 1 N–H and O–H groups in total. The van der Waals surface area contributed by atoms with Crippen molar-refractivity contribution in [2.24, 2.45) is 0 Å². The van der Waals surface area contributed by atoms with Gasteiger partial charge in [-0.3, -0.25) is 0 Å². The van der Waals surface area contributed by atoms with Crippen LogP contribution < -0.4 is 5.32 Å². The molecule has 1 nitrogen and oxygen atoms in total. The van der Waals surface area contributed by atoms with Crippen molar-refractivity contribution >= 4 is 0 Å². The van der Waals surface area contributed by atoms with Crippen LogP contribution in [0.5, 0.6) is 0 Å². The highest BCUT2D eigenvalue weighted by Gasteiger charge is 2.25. The Morgan fingerprint density at radius 3 is 2.63 bits per heavy atom. The Bertz CT molecular complexity index is 622. The molecule has 3 heteroatoms. The first-order chi connectivity index (χ1) is 9.18. The zero-order valence-electron chi connectivity index (χ0n) is 10.7. The summed E-state index contributed by atoms with van der Waals surface area (Å²) < 4.78 is 27.9. The van der Waals surface area contributed by atoms with E-state index in [4.69, 9.17) is 0 Å². The summed E-state index contributed by atoms with van der Waals surface area (Å²) >= 11 is 0. The van der Waals surface area contributed by atoms with Crippen molar-refractivity contribution in [2.45, 2.75) is 19.4 Å². The molecule has 1 aliphatic rings. The van der Waals surface area contributed by atoms with Crippen LogP contribution in [-0.2, 0) is 6.54 Å². The van der Waals surface area contributed by atoms with Crippen molar-refractivity contribution in [2.75, 3.05) is 6.54 Å². The van der Waals surface area contributed by atoms with Gasteiger partial charge in [-0.05, 0) is 29.2 Å². The predicted molar refractivity (Wildman–Crippen MR) is 71.1 cm³/mol. The second-order valence-electron chi connectivity index (χ2n) is 4.98. The van der Waals surface area contributed by atoms with Crippen molar-refractivity contribution in [1.82, 2.24) is 5.32 Å². The van der Waals surface area contributed by atoms with Gasteiger partial charge in [0.1, 0.15) is 0 Å². The smallest absolute Gasteiger partial charge is 0.162 e. The average Bonchev–Trinajstić information content (AvgIpc) is 2.45. The third-order valence-corrected chi connectivity index (χ3v) is 3.78. The molecule has 0 radical (unpaired) electrons. The van der Waals surface area contributed by atoms with Gasteiger partial charge in [-0.25, -0.2) is 8.78 Å². The molecule has 1 heterocycles. The summed E-state index contributed by atoms with van der Waals surface area (Å²) in [5, 5.41) is 3.26. The molecule has 2 aromatic rings. The SMILES string of the molecule is Cc1ccc(C2CNCc3ccccc32)c(F)c1F. The van der Waals surface area contributed by atoms with Crippen molar-refractivity contribution in [3.63, 3.8) is 0 Å². The van der Waals surface area contributed by atoms with E-state index in [1.54, 1.807) is 19.1 Å². The summed E-state index contributed by atoms with van der Waals surface area (Å²) in [7, 11) is 0. The van der Waals surface area contributed by atoms with Crippen LogP contribution in [-0.4, -0.2) is 6.54 Å². The van der Waals surface area contributed by atoms with Crippen molar-refractivity contribution in [3.8, 4) is 0 Å². The highest BCUT2D eigenvalue weighted by molar-refractivity contribution is 5.41. The summed E-state index contributed by atoms with van der Waals surface area (Å²) in [6.07, 6.45) is 0. The largest absolute Gasteiger partial charge is 0.312 e. The third-order valence-electron chi connectivity index (χ3n) is 3.78. The minimum Gasteiger partial charge on any atom is -0.312 e. The van der Waals surface area contributed by atoms with E-state index in [1.165, 1.54) is 0 Å². The number of aryl methyl sites for hydroxylation is 1. The van der Waals surface area contributed by atoms with Crippen LogP contribution in [0.15, 0.2) is 36.4 Å². The molecule has 3 rings (SSSR count). The van der Waals surface area contributed by atoms with Gasteiger partial charge in [-0.2, -0.15) is 0 Å². The first kappa shape index (κ1) is 12.3. The monoisotopic (exact) mass is 259 g/mol. The molecule has 0 spiro atoms. The molecule has 1 atom stereocenters. The van der Waals surface area contributed by atoms with Crippen LogP contribution in [0.1, 0.15) is 28.2 Å². The molecular formula is C16H15F2N. The lowest BCUT2D eigenvalue weighted by atomic mass is 9.85. The molecule has 0 aliphatic carbocycles. The lowest BCUT2D eigenvalue weighted by molar-refractivity contribution is 0.480. The zero-order valence-corrected chi connectivity index (χ0v) is 10.7. The lowest BCUT2D eigenvalue weighted by Gasteiger charge is -2.27. The van der Waals surface area contributed by atoms with Gasteiger partial charge in [0.15, 0.2) is 11.6 Å². The number of hydrogen-bond donors (Lipinski definition) is 1. The maximum Gasteiger partial charge on any atom is 0.162 e. The standard InChI is InChI=1S/C16H15F2N/c1-10-6-7-13(16(18)15(10)17)14-9-19-8-11-4-2-3-5-12(11)14/h2-7,14,19H,8-9H2,1H3. The van der Waals surface area contributed by atoms with Crippen LogP contribution >= 0.6 is 0 Å². The Morgan fingerprint density at radius 1 is 1.00 bits per heavy atom. The first-order valence-electron chi connectivity index (χ1n) is 6.41. The molecule has 0 amide bonds. The topological polar surface area (TPSA) is 12.0 Å². The van der Waals surface area contributed by atoms with Crippen molar-refractivity contribution < 1.29 is 8.78 Å². The Balaban J connectivity index is 2.12. The minimum absolute atomic E-state index is 0.125. The van der Waals surface area contributed by atoms with E-state index < -0.39 is 11.6 Å². The number of nitrogens with one attached hydrogen (secondary N) is 1. The lowest BCUT2D eigenvalue weighted by Crippen LogP contribution is -2.29. The Morgan fingerprint density at radius 2 is 1.79 bits per heavy atom. The predicted octanol–water partition coefficient (Wildman–Crippen LogP) is 3.51. The summed E-state index contributed by atoms with van der Waals surface area (Å²) in [5.74, 6) is -1.58. The molecule has 19 heavy (non-hydrogen) atoms. The fourth-order valence-electron chi connectivity index (χ4n) is 2.70. The minimum atomic E-state index is -0.736. The second kappa shape index (κ2) is 4.74. The number of benzene rings is 2. The molecule has 1 aliphatic heterocycles. The molecule has 0 bridgehead atoms. The van der Waals surface area contributed by atoms with Crippen molar-refractivity contribution in [3.05, 3.63) is 70.3 Å². The molecule has 0 saturated heterocycles. The van der Waals surface area contributed by atoms with Gasteiger partial charge in [0.25, 0.3) is 0 Å². The van der Waals surface area contributed by atoms with E-state index in [9.17, 15) is 8.78 Å². The quantitative estimate of drug-likeness (QED) is 0.826. The van der Waals surface area contributed by atoms with E-state index in [1.807, 2.05) is 24.3 Å². The van der Waals surface area contributed by atoms with Gasteiger partial charge in [0.2, 0.25) is 0 Å². The fourth-order valence-corrected chi connectivity index (χ4v) is 2.70. The van der Waals surface area contributed by atoms with Crippen LogP contribution in [0.4, 0.5) is 8.78 Å². The van der Waals surface area contributed by atoms with Gasteiger partial charge in [0.05, 0.1) is 0 Å². The average molecular weight is 259 g/mol. The van der Waals surface area contributed by atoms with E-state index >= 15 is 0 Å². The molecular weight excluding hydrogens is 244 g/mol. The molecule has 98 valence electrons. The molecule has 1 unspecified atom stereocenters. The number of rotatable bonds is 1. The Kier molecular flexibility index (Phi) is 3.07. The molecule has 0 saturated carbocycles. The molecule has 2 aromatic carbocycles. The Hall–Kier alpha value is -1.74. The van der Waals surface area contributed by atoms with E-state index in [0.29, 0.717) is 17.7 Å². The number of halogens is 2. The second-order valence-corrected chi connectivity index (χ2v) is 4.98. The van der Waals surface area contributed by atoms with Gasteiger partial charge in [-0.15, -0.1) is 0 Å². The summed E-state index contributed by atoms with van der Waals surface area (Å²) in [5.41, 5.74) is 3.02. The zero-order chi connectivity index (χ0) is 13.4. The van der Waals surface area contributed by atoms with E-state index in [-0.39, 0.29) is 5.92 Å². The van der Waals surface area contributed by atoms with Gasteiger partial charge in [-0.1, -0.05) is 36.4 Å². The molecule has 0 fully saturated rings. The van der Waals surface area contributed by atoms with Gasteiger partial charge in [0, 0.05) is 19.0 Å². The summed E-state index contributed by atoms with van der Waals surface area (Å²) in [6, 6.07) is 11.3. The van der Waals surface area contributed by atoms with Crippen LogP contribution in [0.2, 0.25) is 0 Å². The third kappa shape index (κ3) is 2.04. The van der Waals surface area contributed by atoms with E-state index in [0.717, 1.165) is 17.7 Å². The van der Waals surface area contributed by atoms with Crippen molar-refractivity contribution in [1.29, 1.82) is 0 Å². The normalized spacial score (nSPS) is 18.2. The molecule has 0 aromatic heterocycles. The van der Waals surface area contributed by atoms with Crippen LogP contribution in [0.3, 0.4) is 0 Å². The first-order valence-corrected chi connectivity index (χ1v) is 6.41. The fraction of sp³-hybridized carbons (Fsp3) is 0.250. The van der Waals surface area contributed by atoms with E-state index in [2.05, 4.69) is 5.32 Å². The summed E-state index contributed by atoms with van der Waals surface area (Å²) in [4.78, 5) is 0.